The maximum atomic E-state index is 5.79. The minimum Gasteiger partial charge on any atom is -0.361 e. The molecule has 2 aromatic heterocycles. The van der Waals surface area contributed by atoms with Crippen molar-refractivity contribution in [1.29, 1.82) is 0 Å². The second kappa shape index (κ2) is 8.21. The predicted octanol–water partition coefficient (Wildman–Crippen LogP) is 2.98. The lowest BCUT2D eigenvalue weighted by Gasteiger charge is -2.21. The van der Waals surface area contributed by atoms with Gasteiger partial charge in [0.15, 0.2) is 0 Å². The summed E-state index contributed by atoms with van der Waals surface area (Å²) in [4.78, 5) is 13.1. The Bertz CT molecular complexity index is 860. The van der Waals surface area contributed by atoms with Crippen molar-refractivity contribution < 1.29 is 0 Å². The maximum absolute atomic E-state index is 5.79. The van der Waals surface area contributed by atoms with Crippen molar-refractivity contribution >= 4 is 16.7 Å². The Morgan fingerprint density at radius 2 is 1.73 bits per heavy atom. The third kappa shape index (κ3) is 3.81. The molecule has 0 saturated carbocycles. The summed E-state index contributed by atoms with van der Waals surface area (Å²) in [6, 6.07) is 10.8. The molecule has 0 unspecified atom stereocenters. The zero-order valence-electron chi connectivity index (χ0n) is 15.5. The Hall–Kier alpha value is -2.57. The smallest absolute Gasteiger partial charge is 0.137 e. The summed E-state index contributed by atoms with van der Waals surface area (Å²) < 4.78 is 0. The van der Waals surface area contributed by atoms with E-state index in [4.69, 9.17) is 5.73 Å². The van der Waals surface area contributed by atoms with Crippen molar-refractivity contribution in [2.24, 2.45) is 5.73 Å². The summed E-state index contributed by atoms with van der Waals surface area (Å²) in [5.74, 6) is 1.31. The van der Waals surface area contributed by atoms with Gasteiger partial charge in [-0.25, -0.2) is 9.97 Å². The Balaban J connectivity index is 1.94. The number of nitrogens with zero attached hydrogens (tertiary/aromatic N) is 3. The van der Waals surface area contributed by atoms with Crippen LogP contribution >= 0.6 is 0 Å². The highest BCUT2D eigenvalue weighted by molar-refractivity contribution is 5.90. The van der Waals surface area contributed by atoms with Gasteiger partial charge in [-0.15, -0.1) is 0 Å². The quantitative estimate of drug-likeness (QED) is 0.607. The lowest BCUT2D eigenvalue weighted by atomic mass is 9.99. The van der Waals surface area contributed by atoms with E-state index in [2.05, 4.69) is 63.7 Å². The molecule has 0 amide bonds. The predicted molar refractivity (Wildman–Crippen MR) is 106 cm³/mol. The summed E-state index contributed by atoms with van der Waals surface area (Å²) in [6.45, 7) is 5.54. The van der Waals surface area contributed by atoms with Gasteiger partial charge < -0.3 is 16.4 Å². The fourth-order valence-electron chi connectivity index (χ4n) is 3.05. The molecule has 136 valence electrons. The SMILES string of the molecule is CNC[C@@H](Nc1ncnc2c(CN)nccc12)c1ccc(C(C)C)cc1. The van der Waals surface area contributed by atoms with Gasteiger partial charge in [0.25, 0.3) is 0 Å². The van der Waals surface area contributed by atoms with E-state index in [1.807, 2.05) is 13.1 Å². The van der Waals surface area contributed by atoms with Gasteiger partial charge in [-0.05, 0) is 30.2 Å². The lowest BCUT2D eigenvalue weighted by Crippen LogP contribution is -2.24. The van der Waals surface area contributed by atoms with Crippen molar-refractivity contribution in [1.82, 2.24) is 20.3 Å². The van der Waals surface area contributed by atoms with Crippen LogP contribution in [-0.4, -0.2) is 28.5 Å². The largest absolute Gasteiger partial charge is 0.361 e. The summed E-state index contributed by atoms with van der Waals surface area (Å²) in [5, 5.41) is 7.75. The van der Waals surface area contributed by atoms with Gasteiger partial charge in [-0.2, -0.15) is 0 Å². The normalized spacial score (nSPS) is 12.5. The second-order valence-corrected chi connectivity index (χ2v) is 6.66. The highest BCUT2D eigenvalue weighted by Crippen LogP contribution is 2.26. The number of hydrogen-bond acceptors (Lipinski definition) is 6. The van der Waals surface area contributed by atoms with Crippen LogP contribution in [0.2, 0.25) is 0 Å². The molecule has 2 heterocycles. The number of likely N-dealkylation sites (N-methyl/N-ethyl adjacent to an activating group) is 1. The summed E-state index contributed by atoms with van der Waals surface area (Å²) in [7, 11) is 1.95. The van der Waals surface area contributed by atoms with Crippen LogP contribution in [0.4, 0.5) is 5.82 Å². The maximum Gasteiger partial charge on any atom is 0.137 e. The number of nitrogens with one attached hydrogen (secondary N) is 2. The molecule has 0 fully saturated rings. The van der Waals surface area contributed by atoms with Crippen LogP contribution in [0.1, 0.15) is 42.6 Å². The fourth-order valence-corrected chi connectivity index (χ4v) is 3.05. The van der Waals surface area contributed by atoms with Gasteiger partial charge in [0.2, 0.25) is 0 Å². The van der Waals surface area contributed by atoms with E-state index >= 15 is 0 Å². The standard InChI is InChI=1S/C20H26N6/c1-13(2)14-4-6-15(7-5-14)18(11-22-3)26-20-16-8-9-23-17(10-21)19(16)24-12-25-20/h4-9,12-13,18,22H,10-11,21H2,1-3H3,(H,24,25,26)/t18-/m1/s1. The van der Waals surface area contributed by atoms with Gasteiger partial charge in [-0.1, -0.05) is 38.1 Å². The average Bonchev–Trinajstić information content (AvgIpc) is 2.67. The summed E-state index contributed by atoms with van der Waals surface area (Å²) in [5.41, 5.74) is 9.91. The van der Waals surface area contributed by atoms with Crippen LogP contribution < -0.4 is 16.4 Å². The third-order valence-corrected chi connectivity index (χ3v) is 4.55. The minimum atomic E-state index is 0.0915. The van der Waals surface area contributed by atoms with Crippen LogP contribution in [-0.2, 0) is 6.54 Å². The number of anilines is 1. The first kappa shape index (κ1) is 18.2. The highest BCUT2D eigenvalue weighted by Gasteiger charge is 2.15. The molecule has 0 bridgehead atoms. The fraction of sp³-hybridized carbons (Fsp3) is 0.350. The van der Waals surface area contributed by atoms with Crippen LogP contribution in [0, 0.1) is 0 Å². The molecule has 26 heavy (non-hydrogen) atoms. The molecule has 0 saturated heterocycles. The molecule has 6 heteroatoms. The van der Waals surface area contributed by atoms with E-state index in [-0.39, 0.29) is 6.04 Å². The van der Waals surface area contributed by atoms with Crippen LogP contribution in [0.15, 0.2) is 42.9 Å². The van der Waals surface area contributed by atoms with Gasteiger partial charge in [0, 0.05) is 24.7 Å². The van der Waals surface area contributed by atoms with Gasteiger partial charge in [0.1, 0.15) is 12.1 Å². The van der Waals surface area contributed by atoms with Crippen molar-refractivity contribution in [2.75, 3.05) is 18.9 Å². The molecule has 4 N–H and O–H groups in total. The van der Waals surface area contributed by atoms with E-state index < -0.39 is 0 Å². The van der Waals surface area contributed by atoms with Crippen LogP contribution in [0.3, 0.4) is 0 Å². The molecule has 0 aliphatic rings. The minimum absolute atomic E-state index is 0.0915. The molecule has 3 aromatic rings. The molecular weight excluding hydrogens is 324 g/mol. The van der Waals surface area contributed by atoms with Crippen molar-refractivity contribution in [2.45, 2.75) is 32.4 Å². The summed E-state index contributed by atoms with van der Waals surface area (Å²) >= 11 is 0. The monoisotopic (exact) mass is 350 g/mol. The van der Waals surface area contributed by atoms with Crippen LogP contribution in [0.5, 0.6) is 0 Å². The molecular formula is C20H26N6. The van der Waals surface area contributed by atoms with Crippen LogP contribution in [0.25, 0.3) is 10.9 Å². The Labute approximate surface area is 154 Å². The zero-order chi connectivity index (χ0) is 18.5. The number of aromatic nitrogens is 3. The second-order valence-electron chi connectivity index (χ2n) is 6.66. The lowest BCUT2D eigenvalue weighted by molar-refractivity contribution is 0.686. The summed E-state index contributed by atoms with van der Waals surface area (Å²) in [6.07, 6.45) is 3.31. The molecule has 0 aliphatic carbocycles. The van der Waals surface area contributed by atoms with Gasteiger partial charge in [0.05, 0.1) is 17.3 Å². The van der Waals surface area contributed by atoms with E-state index in [1.54, 1.807) is 12.5 Å². The number of rotatable bonds is 7. The average molecular weight is 350 g/mol. The van der Waals surface area contributed by atoms with E-state index in [0.29, 0.717) is 12.5 Å². The van der Waals surface area contributed by atoms with E-state index in [0.717, 1.165) is 29.0 Å². The molecule has 0 radical (unpaired) electrons. The molecule has 0 aliphatic heterocycles. The first-order valence-corrected chi connectivity index (χ1v) is 8.93. The van der Waals surface area contributed by atoms with Gasteiger partial charge >= 0.3 is 0 Å². The van der Waals surface area contributed by atoms with E-state index in [1.165, 1.54) is 11.1 Å². The highest BCUT2D eigenvalue weighted by atomic mass is 15.1. The molecule has 6 nitrogen and oxygen atoms in total. The molecule has 3 rings (SSSR count). The Morgan fingerprint density at radius 3 is 2.38 bits per heavy atom. The molecule has 0 spiro atoms. The number of hydrogen-bond donors (Lipinski definition) is 3. The first-order valence-electron chi connectivity index (χ1n) is 8.93. The van der Waals surface area contributed by atoms with Gasteiger partial charge in [-0.3, -0.25) is 4.98 Å². The number of fused-ring (bicyclic) bond motifs is 1. The van der Waals surface area contributed by atoms with E-state index in [9.17, 15) is 0 Å². The van der Waals surface area contributed by atoms with Crippen molar-refractivity contribution in [3.8, 4) is 0 Å². The third-order valence-electron chi connectivity index (χ3n) is 4.55. The Kier molecular flexibility index (Phi) is 5.75. The Morgan fingerprint density at radius 1 is 1.00 bits per heavy atom. The first-order chi connectivity index (χ1) is 12.6. The number of benzene rings is 1. The molecule has 1 atom stereocenters. The number of pyridine rings is 1. The topological polar surface area (TPSA) is 88.8 Å². The molecule has 1 aromatic carbocycles. The van der Waals surface area contributed by atoms with Crippen molar-refractivity contribution in [3.05, 3.63) is 59.7 Å². The van der Waals surface area contributed by atoms with Crippen molar-refractivity contribution in [3.63, 3.8) is 0 Å². The number of nitrogens with two attached hydrogens (primary N) is 1. The zero-order valence-corrected chi connectivity index (χ0v) is 15.5.